The molecule has 0 aromatic heterocycles. The highest BCUT2D eigenvalue weighted by atomic mass is 16.5. The lowest BCUT2D eigenvalue weighted by molar-refractivity contribution is -0.119. The van der Waals surface area contributed by atoms with E-state index in [2.05, 4.69) is 10.6 Å². The molecule has 3 amide bonds. The first kappa shape index (κ1) is 19.0. The highest BCUT2D eigenvalue weighted by Gasteiger charge is 2.11. The number of nitrogens with two attached hydrogens (primary N) is 1. The van der Waals surface area contributed by atoms with Crippen molar-refractivity contribution < 1.29 is 19.1 Å². The van der Waals surface area contributed by atoms with Crippen molar-refractivity contribution in [3.05, 3.63) is 64.7 Å². The second-order valence-corrected chi connectivity index (χ2v) is 5.79. The van der Waals surface area contributed by atoms with Gasteiger partial charge in [-0.3, -0.25) is 4.79 Å². The number of aryl methyl sites for hydroxylation is 1. The van der Waals surface area contributed by atoms with Crippen molar-refractivity contribution in [1.82, 2.24) is 5.32 Å². The maximum Gasteiger partial charge on any atom is 0.338 e. The molecule has 0 aliphatic carbocycles. The number of nitrogens with one attached hydrogen (secondary N) is 2. The van der Waals surface area contributed by atoms with Gasteiger partial charge in [0.2, 0.25) is 0 Å². The van der Waals surface area contributed by atoms with Crippen LogP contribution in [-0.4, -0.2) is 24.5 Å². The molecule has 0 heterocycles. The van der Waals surface area contributed by atoms with Gasteiger partial charge in [-0.15, -0.1) is 0 Å². The van der Waals surface area contributed by atoms with Crippen LogP contribution in [0.3, 0.4) is 0 Å². The fourth-order valence-electron chi connectivity index (χ4n) is 2.24. The predicted octanol–water partition coefficient (Wildman–Crippen LogP) is 2.27. The zero-order valence-electron chi connectivity index (χ0n) is 14.7. The molecule has 0 fully saturated rings. The van der Waals surface area contributed by atoms with E-state index >= 15 is 0 Å². The second kappa shape index (κ2) is 8.66. The summed E-state index contributed by atoms with van der Waals surface area (Å²) < 4.78 is 5.03. The van der Waals surface area contributed by atoms with Gasteiger partial charge in [-0.1, -0.05) is 24.3 Å². The third-order valence-electron chi connectivity index (χ3n) is 3.87. The molecule has 0 atom stereocenters. The minimum absolute atomic E-state index is 0.267. The predicted molar refractivity (Wildman–Crippen MR) is 97.7 cm³/mol. The number of ether oxygens (including phenoxy) is 1. The van der Waals surface area contributed by atoms with E-state index in [0.29, 0.717) is 11.3 Å². The molecule has 7 nitrogen and oxygen atoms in total. The number of rotatable bonds is 6. The van der Waals surface area contributed by atoms with Gasteiger partial charge in [-0.25, -0.2) is 9.59 Å². The fourth-order valence-corrected chi connectivity index (χ4v) is 2.24. The third-order valence-corrected chi connectivity index (χ3v) is 3.87. The lowest BCUT2D eigenvalue weighted by Gasteiger charge is -2.10. The summed E-state index contributed by atoms with van der Waals surface area (Å²) in [5.74, 6) is -1.01. The largest absolute Gasteiger partial charge is 0.452 e. The topological polar surface area (TPSA) is 111 Å². The van der Waals surface area contributed by atoms with E-state index in [1.165, 1.54) is 0 Å². The van der Waals surface area contributed by atoms with Crippen LogP contribution >= 0.6 is 0 Å². The molecule has 0 saturated carbocycles. The van der Waals surface area contributed by atoms with Crippen molar-refractivity contribution in [2.45, 2.75) is 20.4 Å². The van der Waals surface area contributed by atoms with Crippen LogP contribution < -0.4 is 16.4 Å². The summed E-state index contributed by atoms with van der Waals surface area (Å²) in [6.45, 7) is 3.75. The van der Waals surface area contributed by atoms with E-state index in [-0.39, 0.29) is 13.2 Å². The number of hydrogen-bond acceptors (Lipinski definition) is 4. The van der Waals surface area contributed by atoms with Gasteiger partial charge in [0.05, 0.1) is 5.56 Å². The molecule has 0 unspecified atom stereocenters. The van der Waals surface area contributed by atoms with Crippen LogP contribution in [-0.2, 0) is 16.1 Å². The first-order valence-corrected chi connectivity index (χ1v) is 8.02. The Labute approximate surface area is 151 Å². The molecule has 136 valence electrons. The van der Waals surface area contributed by atoms with Crippen molar-refractivity contribution in [2.75, 3.05) is 11.9 Å². The molecule has 26 heavy (non-hydrogen) atoms. The monoisotopic (exact) mass is 355 g/mol. The van der Waals surface area contributed by atoms with Gasteiger partial charge >= 0.3 is 12.0 Å². The molecule has 0 radical (unpaired) electrons. The lowest BCUT2D eigenvalue weighted by atomic mass is 10.1. The van der Waals surface area contributed by atoms with Crippen molar-refractivity contribution >= 4 is 23.6 Å². The summed E-state index contributed by atoms with van der Waals surface area (Å²) in [6.07, 6.45) is 0. The molecular formula is C19H21N3O4. The van der Waals surface area contributed by atoms with E-state index in [1.807, 2.05) is 26.0 Å². The number of anilines is 1. The highest BCUT2D eigenvalue weighted by molar-refractivity contribution is 5.96. The van der Waals surface area contributed by atoms with Crippen molar-refractivity contribution in [2.24, 2.45) is 5.73 Å². The normalized spacial score (nSPS) is 10.1. The maximum absolute atomic E-state index is 12.0. The minimum atomic E-state index is -0.622. The van der Waals surface area contributed by atoms with Crippen LogP contribution in [0.25, 0.3) is 0 Å². The zero-order chi connectivity index (χ0) is 19.1. The van der Waals surface area contributed by atoms with Crippen LogP contribution in [0.4, 0.5) is 10.5 Å². The Bertz CT molecular complexity index is 816. The molecular weight excluding hydrogens is 334 g/mol. The smallest absolute Gasteiger partial charge is 0.338 e. The number of carbonyl (C=O) groups is 3. The number of primary amides is 1. The molecule has 0 aliphatic heterocycles. The Hall–Kier alpha value is -3.35. The van der Waals surface area contributed by atoms with Gasteiger partial charge in [0.1, 0.15) is 0 Å². The first-order chi connectivity index (χ1) is 12.4. The Morgan fingerprint density at radius 3 is 2.38 bits per heavy atom. The number of benzene rings is 2. The van der Waals surface area contributed by atoms with Gasteiger partial charge < -0.3 is 21.1 Å². The molecule has 0 bridgehead atoms. The average molecular weight is 355 g/mol. The molecule has 7 heteroatoms. The van der Waals surface area contributed by atoms with E-state index < -0.39 is 17.9 Å². The molecule has 2 aromatic rings. The number of carbonyl (C=O) groups excluding carboxylic acids is 3. The zero-order valence-corrected chi connectivity index (χ0v) is 14.7. The average Bonchev–Trinajstić information content (AvgIpc) is 2.62. The maximum atomic E-state index is 12.0. The van der Waals surface area contributed by atoms with E-state index in [4.69, 9.17) is 10.5 Å². The highest BCUT2D eigenvalue weighted by Crippen LogP contribution is 2.17. The second-order valence-electron chi connectivity index (χ2n) is 5.79. The summed E-state index contributed by atoms with van der Waals surface area (Å²) in [7, 11) is 0. The fraction of sp³-hybridized carbons (Fsp3) is 0.211. The number of hydrogen-bond donors (Lipinski definition) is 3. The Morgan fingerprint density at radius 2 is 1.73 bits per heavy atom. The van der Waals surface area contributed by atoms with E-state index in [1.54, 1.807) is 30.3 Å². The molecule has 0 spiro atoms. The van der Waals surface area contributed by atoms with E-state index in [0.717, 1.165) is 16.7 Å². The number of urea groups is 1. The van der Waals surface area contributed by atoms with Gasteiger partial charge in [0.25, 0.3) is 5.91 Å². The summed E-state index contributed by atoms with van der Waals surface area (Å²) in [4.78, 5) is 34.6. The Morgan fingerprint density at radius 1 is 1.04 bits per heavy atom. The van der Waals surface area contributed by atoms with Crippen molar-refractivity contribution in [3.8, 4) is 0 Å². The van der Waals surface area contributed by atoms with Crippen molar-refractivity contribution in [1.29, 1.82) is 0 Å². The number of amides is 3. The van der Waals surface area contributed by atoms with Gasteiger partial charge in [-0.2, -0.15) is 0 Å². The molecule has 2 rings (SSSR count). The molecule has 0 saturated heterocycles. The molecule has 4 N–H and O–H groups in total. The number of esters is 1. The quantitative estimate of drug-likeness (QED) is 0.690. The summed E-state index contributed by atoms with van der Waals surface area (Å²) in [6, 6.07) is 11.4. The molecule has 2 aromatic carbocycles. The van der Waals surface area contributed by atoms with Gasteiger partial charge in [0.15, 0.2) is 6.61 Å². The van der Waals surface area contributed by atoms with Crippen molar-refractivity contribution in [3.63, 3.8) is 0 Å². The third kappa shape index (κ3) is 5.34. The van der Waals surface area contributed by atoms with Gasteiger partial charge in [0, 0.05) is 12.2 Å². The van der Waals surface area contributed by atoms with Gasteiger partial charge in [-0.05, 0) is 48.7 Å². The van der Waals surface area contributed by atoms with Crippen LogP contribution in [0.15, 0.2) is 42.5 Å². The van der Waals surface area contributed by atoms with Crippen LogP contribution in [0.2, 0.25) is 0 Å². The first-order valence-electron chi connectivity index (χ1n) is 8.02. The SMILES string of the molecule is Cc1cccc(NC(=O)COC(=O)c2ccc(CNC(N)=O)cc2)c1C. The van der Waals surface area contributed by atoms with Crippen LogP contribution in [0, 0.1) is 13.8 Å². The van der Waals surface area contributed by atoms with E-state index in [9.17, 15) is 14.4 Å². The Kier molecular flexibility index (Phi) is 6.32. The molecule has 0 aliphatic rings. The van der Waals surface area contributed by atoms with Crippen LogP contribution in [0.5, 0.6) is 0 Å². The summed E-state index contributed by atoms with van der Waals surface area (Å²) in [5, 5.41) is 5.18. The lowest BCUT2D eigenvalue weighted by Crippen LogP contribution is -2.28. The van der Waals surface area contributed by atoms with Crippen LogP contribution in [0.1, 0.15) is 27.0 Å². The standard InChI is InChI=1S/C19H21N3O4/c1-12-4-3-5-16(13(12)2)22-17(23)11-26-18(24)15-8-6-14(7-9-15)10-21-19(20)25/h3-9H,10-11H2,1-2H3,(H,22,23)(H3,20,21,25). The Balaban J connectivity index is 1.86. The minimum Gasteiger partial charge on any atom is -0.452 e. The summed E-state index contributed by atoms with van der Waals surface area (Å²) in [5.41, 5.74) is 8.81. The summed E-state index contributed by atoms with van der Waals surface area (Å²) >= 11 is 0.